The van der Waals surface area contributed by atoms with Gasteiger partial charge in [-0.25, -0.2) is 4.98 Å². The van der Waals surface area contributed by atoms with Gasteiger partial charge in [0.05, 0.1) is 23.5 Å². The Kier molecular flexibility index (Phi) is 4.33. The van der Waals surface area contributed by atoms with Crippen LogP contribution in [-0.2, 0) is 23.3 Å². The Morgan fingerprint density at radius 2 is 2.26 bits per heavy atom. The molecule has 1 saturated carbocycles. The topological polar surface area (TPSA) is 70.2 Å². The second kappa shape index (κ2) is 6.72. The molecule has 1 saturated heterocycles. The third-order valence-corrected chi connectivity index (χ3v) is 7.44. The van der Waals surface area contributed by atoms with E-state index in [2.05, 4.69) is 33.2 Å². The number of amides is 1. The molecule has 2 aromatic heterocycles. The van der Waals surface area contributed by atoms with E-state index < -0.39 is 0 Å². The Labute approximate surface area is 163 Å². The van der Waals surface area contributed by atoms with Crippen molar-refractivity contribution in [1.82, 2.24) is 20.2 Å². The number of hydrogen-bond acceptors (Lipinski definition) is 5. The van der Waals surface area contributed by atoms with E-state index in [9.17, 15) is 4.79 Å². The largest absolute Gasteiger partial charge is 0.369 e. The second-order valence-corrected chi connectivity index (χ2v) is 9.11. The number of nitrogens with zero attached hydrogens (tertiary/aromatic N) is 2. The van der Waals surface area contributed by atoms with Gasteiger partial charge in [-0.2, -0.15) is 0 Å². The number of piperidine rings is 1. The third kappa shape index (κ3) is 3.32. The van der Waals surface area contributed by atoms with E-state index in [4.69, 9.17) is 4.74 Å². The van der Waals surface area contributed by atoms with Crippen LogP contribution in [0, 0.1) is 6.92 Å². The van der Waals surface area contributed by atoms with E-state index >= 15 is 0 Å². The molecule has 2 aromatic rings. The summed E-state index contributed by atoms with van der Waals surface area (Å²) in [6, 6.07) is 2.51. The van der Waals surface area contributed by atoms with Gasteiger partial charge in [-0.3, -0.25) is 9.69 Å². The zero-order valence-electron chi connectivity index (χ0n) is 15.7. The lowest BCUT2D eigenvalue weighted by Gasteiger charge is -2.43. The van der Waals surface area contributed by atoms with Gasteiger partial charge in [-0.05, 0) is 50.7 Å². The van der Waals surface area contributed by atoms with Gasteiger partial charge in [0.25, 0.3) is 5.91 Å². The fraction of sp³-hybridized carbons (Fsp3) is 0.600. The number of hydrogen-bond donors (Lipinski definition) is 2. The first-order valence-electron chi connectivity index (χ1n) is 9.92. The summed E-state index contributed by atoms with van der Waals surface area (Å²) in [5, 5.41) is 3.12. The van der Waals surface area contributed by atoms with Crippen LogP contribution in [0.1, 0.15) is 57.2 Å². The van der Waals surface area contributed by atoms with Crippen LogP contribution < -0.4 is 5.32 Å². The Morgan fingerprint density at radius 1 is 1.44 bits per heavy atom. The molecule has 0 bridgehead atoms. The van der Waals surface area contributed by atoms with Crippen molar-refractivity contribution in [2.24, 2.45) is 0 Å². The zero-order chi connectivity index (χ0) is 18.4. The highest BCUT2D eigenvalue weighted by Gasteiger charge is 2.43. The van der Waals surface area contributed by atoms with Crippen LogP contribution in [0.25, 0.3) is 0 Å². The Bertz CT molecular complexity index is 846. The minimum Gasteiger partial charge on any atom is -0.369 e. The number of aryl methyl sites for hydroxylation is 1. The van der Waals surface area contributed by atoms with Crippen molar-refractivity contribution in [3.05, 3.63) is 39.1 Å². The lowest BCUT2D eigenvalue weighted by molar-refractivity contribution is -0.0961. The maximum atomic E-state index is 12.5. The molecule has 0 aromatic carbocycles. The molecular formula is C20H26N4O2S. The fourth-order valence-electron chi connectivity index (χ4n) is 4.22. The average molecular weight is 387 g/mol. The Hall–Kier alpha value is -1.70. The molecule has 4 heterocycles. The molecule has 1 amide bonds. The minimum absolute atomic E-state index is 0.0958. The maximum absolute atomic E-state index is 12.5. The SMILES string of the molecule is Cc1[nH]cnc1CN1CCC2(CC1)OCCc1cc(C(=O)NC3CC3)sc12. The normalized spacial score (nSPS) is 22.0. The summed E-state index contributed by atoms with van der Waals surface area (Å²) in [6.45, 7) is 5.70. The fourth-order valence-corrected chi connectivity index (χ4v) is 5.53. The molecule has 2 fully saturated rings. The quantitative estimate of drug-likeness (QED) is 0.848. The number of H-pyrrole nitrogens is 1. The van der Waals surface area contributed by atoms with Gasteiger partial charge in [0.1, 0.15) is 5.60 Å². The summed E-state index contributed by atoms with van der Waals surface area (Å²) in [7, 11) is 0. The van der Waals surface area contributed by atoms with Crippen molar-refractivity contribution in [2.75, 3.05) is 19.7 Å². The summed E-state index contributed by atoms with van der Waals surface area (Å²) in [6.07, 6.45) is 6.89. The molecule has 144 valence electrons. The smallest absolute Gasteiger partial charge is 0.261 e. The van der Waals surface area contributed by atoms with Crippen molar-refractivity contribution >= 4 is 17.2 Å². The molecular weight excluding hydrogens is 360 g/mol. The zero-order valence-corrected chi connectivity index (χ0v) is 16.5. The predicted molar refractivity (Wildman–Crippen MR) is 104 cm³/mol. The van der Waals surface area contributed by atoms with Crippen LogP contribution in [0.2, 0.25) is 0 Å². The highest BCUT2D eigenvalue weighted by molar-refractivity contribution is 7.14. The van der Waals surface area contributed by atoms with Crippen LogP contribution in [0.3, 0.4) is 0 Å². The number of aromatic nitrogens is 2. The molecule has 27 heavy (non-hydrogen) atoms. The van der Waals surface area contributed by atoms with Crippen molar-refractivity contribution < 1.29 is 9.53 Å². The average Bonchev–Trinajstić information content (AvgIpc) is 3.21. The van der Waals surface area contributed by atoms with Crippen LogP contribution in [0.15, 0.2) is 12.4 Å². The lowest BCUT2D eigenvalue weighted by atomic mass is 9.85. The molecule has 5 rings (SSSR count). The van der Waals surface area contributed by atoms with Crippen molar-refractivity contribution in [3.8, 4) is 0 Å². The lowest BCUT2D eigenvalue weighted by Crippen LogP contribution is -2.45. The molecule has 2 N–H and O–H groups in total. The molecule has 0 unspecified atom stereocenters. The van der Waals surface area contributed by atoms with E-state index in [1.165, 1.54) is 10.4 Å². The van der Waals surface area contributed by atoms with Crippen LogP contribution in [0.5, 0.6) is 0 Å². The van der Waals surface area contributed by atoms with Crippen molar-refractivity contribution in [2.45, 2.75) is 57.2 Å². The predicted octanol–water partition coefficient (Wildman–Crippen LogP) is 2.74. The molecule has 1 aliphatic carbocycles. The summed E-state index contributed by atoms with van der Waals surface area (Å²) in [4.78, 5) is 24.7. The van der Waals surface area contributed by atoms with E-state index in [1.807, 2.05) is 0 Å². The molecule has 0 radical (unpaired) electrons. The third-order valence-electron chi connectivity index (χ3n) is 6.08. The van der Waals surface area contributed by atoms with E-state index in [1.54, 1.807) is 17.7 Å². The summed E-state index contributed by atoms with van der Waals surface area (Å²) >= 11 is 1.65. The molecule has 3 aliphatic rings. The number of likely N-dealkylation sites (tertiary alicyclic amines) is 1. The van der Waals surface area contributed by atoms with E-state index in [0.717, 1.165) is 74.6 Å². The number of thiophene rings is 1. The van der Waals surface area contributed by atoms with E-state index in [-0.39, 0.29) is 11.5 Å². The summed E-state index contributed by atoms with van der Waals surface area (Å²) in [5.41, 5.74) is 3.40. The first kappa shape index (κ1) is 17.4. The number of rotatable bonds is 4. The Balaban J connectivity index is 1.31. The molecule has 0 atom stereocenters. The number of carbonyl (C=O) groups is 1. The van der Waals surface area contributed by atoms with Crippen LogP contribution in [0.4, 0.5) is 0 Å². The number of carbonyl (C=O) groups excluding carboxylic acids is 1. The maximum Gasteiger partial charge on any atom is 0.261 e. The highest BCUT2D eigenvalue weighted by Crippen LogP contribution is 2.45. The van der Waals surface area contributed by atoms with Gasteiger partial charge in [-0.1, -0.05) is 0 Å². The van der Waals surface area contributed by atoms with Gasteiger partial charge >= 0.3 is 0 Å². The second-order valence-electron chi connectivity index (χ2n) is 8.06. The monoisotopic (exact) mass is 386 g/mol. The summed E-state index contributed by atoms with van der Waals surface area (Å²) in [5.74, 6) is 0.0958. The number of imidazole rings is 1. The molecule has 2 aliphatic heterocycles. The van der Waals surface area contributed by atoms with Crippen molar-refractivity contribution in [3.63, 3.8) is 0 Å². The first-order valence-corrected chi connectivity index (χ1v) is 10.7. The molecule has 6 nitrogen and oxygen atoms in total. The molecule has 7 heteroatoms. The number of ether oxygens (including phenoxy) is 1. The van der Waals surface area contributed by atoms with Gasteiger partial charge in [0, 0.05) is 36.2 Å². The van der Waals surface area contributed by atoms with Crippen LogP contribution >= 0.6 is 11.3 Å². The van der Waals surface area contributed by atoms with Gasteiger partial charge in [-0.15, -0.1) is 11.3 Å². The minimum atomic E-state index is -0.201. The van der Waals surface area contributed by atoms with Gasteiger partial charge in [0.15, 0.2) is 0 Å². The summed E-state index contributed by atoms with van der Waals surface area (Å²) < 4.78 is 6.36. The number of aromatic amines is 1. The van der Waals surface area contributed by atoms with E-state index in [0.29, 0.717) is 6.04 Å². The Morgan fingerprint density at radius 3 is 2.96 bits per heavy atom. The van der Waals surface area contributed by atoms with Crippen LogP contribution in [-0.4, -0.2) is 46.5 Å². The standard InChI is InChI=1S/C20H26N4O2S/c1-13-16(22-12-21-13)11-24-7-5-20(6-8-24)18-14(4-9-26-20)10-17(27-18)19(25)23-15-2-3-15/h10,12,15H,2-9,11H2,1H3,(H,21,22)(H,23,25). The van der Waals surface area contributed by atoms with Gasteiger partial charge in [0.2, 0.25) is 0 Å². The highest BCUT2D eigenvalue weighted by atomic mass is 32.1. The molecule has 1 spiro atoms. The first-order chi connectivity index (χ1) is 13.1. The number of nitrogens with one attached hydrogen (secondary N) is 2. The van der Waals surface area contributed by atoms with Gasteiger partial charge < -0.3 is 15.0 Å². The number of fused-ring (bicyclic) bond motifs is 2. The van der Waals surface area contributed by atoms with Crippen molar-refractivity contribution in [1.29, 1.82) is 0 Å².